The molecule has 120 valence electrons. The van der Waals surface area contributed by atoms with Crippen LogP contribution in [0.5, 0.6) is 11.5 Å². The van der Waals surface area contributed by atoms with Gasteiger partial charge in [-0.3, -0.25) is 4.79 Å². The zero-order chi connectivity index (χ0) is 15.4. The van der Waals surface area contributed by atoms with Crippen LogP contribution in [0.15, 0.2) is 23.1 Å². The van der Waals surface area contributed by atoms with E-state index in [2.05, 4.69) is 5.10 Å². The summed E-state index contributed by atoms with van der Waals surface area (Å²) in [6.45, 7) is 1.96. The number of esters is 1. The molecule has 1 aromatic carbocycles. The molecule has 7 nitrogen and oxygen atoms in total. The van der Waals surface area contributed by atoms with Gasteiger partial charge in [0.1, 0.15) is 5.52 Å². The molecule has 22 heavy (non-hydrogen) atoms. The van der Waals surface area contributed by atoms with Crippen molar-refractivity contribution in [2.45, 2.75) is 13.5 Å². The topological polar surface area (TPSA) is 81.5 Å². The summed E-state index contributed by atoms with van der Waals surface area (Å²) in [6, 6.07) is 3.25. The molecular formula is C14H17ClN2O5. The second kappa shape index (κ2) is 7.65. The minimum atomic E-state index is -0.419. The molecule has 2 rings (SSSR count). The predicted molar refractivity (Wildman–Crippen MR) is 74.5 cm³/mol. The first-order valence-electron chi connectivity index (χ1n) is 6.43. The number of halogens is 1. The summed E-state index contributed by atoms with van der Waals surface area (Å²) in [4.78, 5) is 23.6. The molecule has 0 bridgehead atoms. The number of rotatable bonds is 5. The number of nitrogens with one attached hydrogen (secondary N) is 1. The van der Waals surface area contributed by atoms with Gasteiger partial charge in [-0.1, -0.05) is 0 Å². The Hall–Kier alpha value is -2.28. The summed E-state index contributed by atoms with van der Waals surface area (Å²) >= 11 is 0. The Balaban J connectivity index is 0.00000242. The number of aromatic nitrogens is 2. The molecule has 1 N–H and O–H groups in total. The maximum absolute atomic E-state index is 12.1. The van der Waals surface area contributed by atoms with Crippen molar-refractivity contribution in [3.8, 4) is 11.5 Å². The molecule has 0 amide bonds. The summed E-state index contributed by atoms with van der Waals surface area (Å²) in [5.41, 5.74) is 0.318. The number of hydrogen-bond donors (Lipinski definition) is 1. The van der Waals surface area contributed by atoms with Crippen LogP contribution in [0.25, 0.3) is 10.9 Å². The maximum atomic E-state index is 12.1. The minimum absolute atomic E-state index is 0. The average Bonchev–Trinajstić information content (AvgIpc) is 2.46. The number of ether oxygens (including phenoxy) is 3. The number of aromatic amines is 1. The summed E-state index contributed by atoms with van der Waals surface area (Å²) in [7, 11) is 3.01. The number of methoxy groups -OCH3 is 2. The largest absolute Gasteiger partial charge is 1.00 e. The molecule has 0 spiro atoms. The van der Waals surface area contributed by atoms with Crippen LogP contribution < -0.4 is 32.0 Å². The molecular weight excluding hydrogens is 312 g/mol. The Kier molecular flexibility index (Phi) is 6.18. The lowest BCUT2D eigenvalue weighted by Gasteiger charge is -2.08. The van der Waals surface area contributed by atoms with Gasteiger partial charge in [0.05, 0.1) is 26.2 Å². The van der Waals surface area contributed by atoms with Crippen molar-refractivity contribution in [3.63, 3.8) is 0 Å². The highest BCUT2D eigenvalue weighted by atomic mass is 35.5. The molecule has 1 heterocycles. The van der Waals surface area contributed by atoms with Crippen LogP contribution in [0.3, 0.4) is 0 Å². The number of fused-ring (bicyclic) bond motifs is 1. The molecule has 1 aromatic heterocycles. The Morgan fingerprint density at radius 3 is 2.45 bits per heavy atom. The van der Waals surface area contributed by atoms with Gasteiger partial charge in [0.2, 0.25) is 6.20 Å². The molecule has 0 aliphatic rings. The van der Waals surface area contributed by atoms with Gasteiger partial charge in [0.25, 0.3) is 12.0 Å². The van der Waals surface area contributed by atoms with Gasteiger partial charge < -0.3 is 26.6 Å². The van der Waals surface area contributed by atoms with Crippen LogP contribution in [0.1, 0.15) is 6.92 Å². The summed E-state index contributed by atoms with van der Waals surface area (Å²) in [5.74, 6) is 0.547. The third-order valence-corrected chi connectivity index (χ3v) is 2.93. The first kappa shape index (κ1) is 17.8. The summed E-state index contributed by atoms with van der Waals surface area (Å²) in [5, 5.41) is 3.41. The smallest absolute Gasteiger partial charge is 0.375 e. The van der Waals surface area contributed by atoms with Gasteiger partial charge in [0.15, 0.2) is 11.5 Å². The van der Waals surface area contributed by atoms with E-state index in [4.69, 9.17) is 14.2 Å². The van der Waals surface area contributed by atoms with E-state index in [0.717, 1.165) is 0 Å². The van der Waals surface area contributed by atoms with Crippen molar-refractivity contribution >= 4 is 16.9 Å². The number of carbonyl (C=O) groups excluding carboxylic acids is 1. The average molecular weight is 329 g/mol. The van der Waals surface area contributed by atoms with E-state index in [0.29, 0.717) is 29.0 Å². The van der Waals surface area contributed by atoms with E-state index in [1.165, 1.54) is 25.1 Å². The quantitative estimate of drug-likeness (QED) is 0.481. The van der Waals surface area contributed by atoms with Gasteiger partial charge in [0, 0.05) is 6.07 Å². The van der Waals surface area contributed by atoms with Crippen LogP contribution >= 0.6 is 0 Å². The van der Waals surface area contributed by atoms with Crippen LogP contribution in [0.2, 0.25) is 0 Å². The van der Waals surface area contributed by atoms with E-state index in [-0.39, 0.29) is 24.4 Å². The van der Waals surface area contributed by atoms with Gasteiger partial charge in [-0.25, -0.2) is 4.79 Å². The van der Waals surface area contributed by atoms with E-state index < -0.39 is 5.97 Å². The van der Waals surface area contributed by atoms with Crippen LogP contribution in [-0.2, 0) is 16.1 Å². The fourth-order valence-electron chi connectivity index (χ4n) is 2.00. The zero-order valence-electron chi connectivity index (χ0n) is 12.5. The number of carbonyl (C=O) groups is 1. The van der Waals surface area contributed by atoms with Gasteiger partial charge in [-0.05, 0) is 13.0 Å². The Morgan fingerprint density at radius 2 is 1.86 bits per heavy atom. The van der Waals surface area contributed by atoms with Crippen molar-refractivity contribution < 1.29 is 36.1 Å². The van der Waals surface area contributed by atoms with E-state index in [9.17, 15) is 9.59 Å². The van der Waals surface area contributed by atoms with Crippen molar-refractivity contribution in [3.05, 3.63) is 28.6 Å². The van der Waals surface area contributed by atoms with E-state index in [1.807, 2.05) is 0 Å². The van der Waals surface area contributed by atoms with E-state index >= 15 is 0 Å². The Labute approximate surface area is 133 Å². The van der Waals surface area contributed by atoms with Crippen molar-refractivity contribution in [1.82, 2.24) is 5.10 Å². The molecule has 0 saturated heterocycles. The summed E-state index contributed by atoms with van der Waals surface area (Å²) < 4.78 is 16.6. The SMILES string of the molecule is CCOC(=O)C[n+]1cc(=O)c2cc(OC)c(OC)cc2[nH]1.[Cl-]. The number of hydrogen-bond acceptors (Lipinski definition) is 5. The zero-order valence-corrected chi connectivity index (χ0v) is 13.3. The Bertz CT molecular complexity index is 729. The van der Waals surface area contributed by atoms with Crippen molar-refractivity contribution in [2.24, 2.45) is 0 Å². The molecule has 0 radical (unpaired) electrons. The van der Waals surface area contributed by atoms with Crippen LogP contribution in [0, 0.1) is 0 Å². The van der Waals surface area contributed by atoms with Crippen LogP contribution in [0.4, 0.5) is 0 Å². The minimum Gasteiger partial charge on any atom is -1.00 e. The Morgan fingerprint density at radius 1 is 1.23 bits per heavy atom. The predicted octanol–water partition coefficient (Wildman–Crippen LogP) is -2.60. The summed E-state index contributed by atoms with van der Waals surface area (Å²) in [6.07, 6.45) is 1.31. The fourth-order valence-corrected chi connectivity index (χ4v) is 2.00. The molecule has 8 heteroatoms. The molecule has 0 saturated carbocycles. The van der Waals surface area contributed by atoms with Gasteiger partial charge in [-0.2, -0.15) is 5.10 Å². The number of nitrogens with zero attached hydrogens (tertiary/aromatic N) is 1. The molecule has 0 unspecified atom stereocenters. The number of H-pyrrole nitrogens is 1. The lowest BCUT2D eigenvalue weighted by atomic mass is 10.2. The van der Waals surface area contributed by atoms with Gasteiger partial charge >= 0.3 is 5.97 Å². The highest BCUT2D eigenvalue weighted by Crippen LogP contribution is 2.29. The normalized spacial score (nSPS) is 9.95. The third kappa shape index (κ3) is 3.67. The molecule has 0 aliphatic heterocycles. The fraction of sp³-hybridized carbons (Fsp3) is 0.357. The highest BCUT2D eigenvalue weighted by molar-refractivity contribution is 5.81. The third-order valence-electron chi connectivity index (χ3n) is 2.93. The second-order valence-electron chi connectivity index (χ2n) is 4.29. The van der Waals surface area contributed by atoms with Crippen molar-refractivity contribution in [2.75, 3.05) is 20.8 Å². The first-order valence-corrected chi connectivity index (χ1v) is 6.43. The second-order valence-corrected chi connectivity index (χ2v) is 4.29. The monoisotopic (exact) mass is 328 g/mol. The highest BCUT2D eigenvalue weighted by Gasteiger charge is 2.16. The van der Waals surface area contributed by atoms with Crippen molar-refractivity contribution in [1.29, 1.82) is 0 Å². The lowest BCUT2D eigenvalue weighted by molar-refractivity contribution is -0.741. The molecule has 0 aliphatic carbocycles. The maximum Gasteiger partial charge on any atom is 0.375 e. The van der Waals surface area contributed by atoms with E-state index in [1.54, 1.807) is 19.1 Å². The van der Waals surface area contributed by atoms with Crippen LogP contribution in [-0.4, -0.2) is 31.9 Å². The molecule has 0 atom stereocenters. The lowest BCUT2D eigenvalue weighted by Crippen LogP contribution is -3.00. The van der Waals surface area contributed by atoms with Gasteiger partial charge in [-0.15, -0.1) is 4.68 Å². The number of benzene rings is 1. The molecule has 0 fully saturated rings. The first-order chi connectivity index (χ1) is 10.1. The molecule has 2 aromatic rings. The standard InChI is InChI=1S/C14H16N2O5.ClH/c1-4-21-14(18)8-16-7-11(17)9-5-12(19-2)13(20-3)6-10(9)15-16;/h5-7H,4,8H2,1-3H3;1H.